The summed E-state index contributed by atoms with van der Waals surface area (Å²) in [5.74, 6) is 1.16. The second-order valence-electron chi connectivity index (χ2n) is 4.75. The van der Waals surface area contributed by atoms with Crippen molar-refractivity contribution in [2.75, 3.05) is 26.9 Å². The molecule has 0 aromatic heterocycles. The van der Waals surface area contributed by atoms with Crippen LogP contribution in [0.15, 0.2) is 0 Å². The quantitative estimate of drug-likeness (QED) is 0.561. The third-order valence-electron chi connectivity index (χ3n) is 3.74. The van der Waals surface area contributed by atoms with E-state index in [1.165, 1.54) is 19.3 Å². The smallest absolute Gasteiger partial charge is 0.323 e. The SMILES string of the molecule is COCCCOC(=O)C1NCC2CCCC21. The summed E-state index contributed by atoms with van der Waals surface area (Å²) < 4.78 is 10.2. The van der Waals surface area contributed by atoms with Gasteiger partial charge in [0.2, 0.25) is 0 Å². The molecule has 2 rings (SSSR count). The van der Waals surface area contributed by atoms with E-state index in [4.69, 9.17) is 9.47 Å². The summed E-state index contributed by atoms with van der Waals surface area (Å²) in [6.45, 7) is 2.11. The van der Waals surface area contributed by atoms with Crippen LogP contribution in [0.4, 0.5) is 0 Å². The number of fused-ring (bicyclic) bond motifs is 1. The summed E-state index contributed by atoms with van der Waals surface area (Å²) in [4.78, 5) is 11.8. The number of esters is 1. The molecule has 3 atom stereocenters. The second kappa shape index (κ2) is 5.64. The molecule has 0 spiro atoms. The first-order chi connectivity index (χ1) is 7.83. The molecule has 2 fully saturated rings. The number of ether oxygens (including phenoxy) is 2. The van der Waals surface area contributed by atoms with Crippen molar-refractivity contribution < 1.29 is 14.3 Å². The minimum absolute atomic E-state index is 0.0463. The molecule has 1 saturated carbocycles. The predicted octanol–water partition coefficient (Wildman–Crippen LogP) is 0.954. The van der Waals surface area contributed by atoms with Crippen molar-refractivity contribution in [1.82, 2.24) is 5.32 Å². The highest BCUT2D eigenvalue weighted by atomic mass is 16.5. The van der Waals surface area contributed by atoms with E-state index in [1.54, 1.807) is 7.11 Å². The number of carbonyl (C=O) groups excluding carboxylic acids is 1. The van der Waals surface area contributed by atoms with Crippen LogP contribution in [-0.4, -0.2) is 38.9 Å². The Morgan fingerprint density at radius 2 is 2.25 bits per heavy atom. The maximum absolute atomic E-state index is 11.8. The molecule has 0 bridgehead atoms. The molecule has 16 heavy (non-hydrogen) atoms. The summed E-state index contributed by atoms with van der Waals surface area (Å²) in [6, 6.07) is -0.0463. The number of rotatable bonds is 5. The number of carbonyl (C=O) groups is 1. The molecule has 0 amide bonds. The standard InChI is InChI=1S/C12H21NO3/c1-15-6-3-7-16-12(14)11-10-5-2-4-9(10)8-13-11/h9-11,13H,2-8H2,1H3. The molecular formula is C12H21NO3. The molecule has 1 heterocycles. The zero-order valence-corrected chi connectivity index (χ0v) is 9.91. The van der Waals surface area contributed by atoms with Crippen LogP contribution in [-0.2, 0) is 14.3 Å². The highest BCUT2D eigenvalue weighted by Crippen LogP contribution is 2.37. The largest absolute Gasteiger partial charge is 0.464 e. The van der Waals surface area contributed by atoms with Crippen LogP contribution in [0.5, 0.6) is 0 Å². The Morgan fingerprint density at radius 3 is 3.06 bits per heavy atom. The van der Waals surface area contributed by atoms with Crippen molar-refractivity contribution in [3.05, 3.63) is 0 Å². The molecule has 92 valence electrons. The van der Waals surface area contributed by atoms with Crippen molar-refractivity contribution in [2.45, 2.75) is 31.7 Å². The fraction of sp³-hybridized carbons (Fsp3) is 0.917. The van der Waals surface area contributed by atoms with Crippen molar-refractivity contribution >= 4 is 5.97 Å². The lowest BCUT2D eigenvalue weighted by Gasteiger charge is -2.16. The number of nitrogens with one attached hydrogen (secondary N) is 1. The Bertz CT molecular complexity index is 244. The lowest BCUT2D eigenvalue weighted by molar-refractivity contribution is -0.147. The van der Waals surface area contributed by atoms with Crippen molar-refractivity contribution in [3.8, 4) is 0 Å². The number of methoxy groups -OCH3 is 1. The van der Waals surface area contributed by atoms with Gasteiger partial charge >= 0.3 is 5.97 Å². The molecule has 1 saturated heterocycles. The zero-order valence-electron chi connectivity index (χ0n) is 9.91. The van der Waals surface area contributed by atoms with Gasteiger partial charge in [-0.3, -0.25) is 4.79 Å². The van der Waals surface area contributed by atoms with E-state index in [-0.39, 0.29) is 12.0 Å². The average molecular weight is 227 g/mol. The first-order valence-electron chi connectivity index (χ1n) is 6.22. The predicted molar refractivity (Wildman–Crippen MR) is 60.1 cm³/mol. The van der Waals surface area contributed by atoms with Gasteiger partial charge in [0, 0.05) is 20.1 Å². The van der Waals surface area contributed by atoms with Gasteiger partial charge in [-0.05, 0) is 31.2 Å². The third kappa shape index (κ3) is 2.55. The lowest BCUT2D eigenvalue weighted by atomic mass is 9.94. The lowest BCUT2D eigenvalue weighted by Crippen LogP contribution is -2.37. The van der Waals surface area contributed by atoms with Crippen LogP contribution in [0.1, 0.15) is 25.7 Å². The maximum atomic E-state index is 11.8. The summed E-state index contributed by atoms with van der Waals surface area (Å²) in [5, 5.41) is 3.29. The van der Waals surface area contributed by atoms with Crippen LogP contribution < -0.4 is 5.32 Å². The zero-order chi connectivity index (χ0) is 11.4. The number of hydrogen-bond donors (Lipinski definition) is 1. The van der Waals surface area contributed by atoms with Gasteiger partial charge in [-0.15, -0.1) is 0 Å². The molecule has 4 nitrogen and oxygen atoms in total. The summed E-state index contributed by atoms with van der Waals surface area (Å²) in [7, 11) is 1.66. The third-order valence-corrected chi connectivity index (χ3v) is 3.74. The normalized spacial score (nSPS) is 32.7. The van der Waals surface area contributed by atoms with E-state index in [1.807, 2.05) is 0 Å². The van der Waals surface area contributed by atoms with Crippen LogP contribution in [0.3, 0.4) is 0 Å². The molecule has 0 radical (unpaired) electrons. The van der Waals surface area contributed by atoms with Gasteiger partial charge in [0.05, 0.1) is 6.61 Å². The summed E-state index contributed by atoms with van der Waals surface area (Å²) >= 11 is 0. The van der Waals surface area contributed by atoms with Gasteiger partial charge in [0.1, 0.15) is 6.04 Å². The van der Waals surface area contributed by atoms with E-state index >= 15 is 0 Å². The van der Waals surface area contributed by atoms with E-state index in [0.29, 0.717) is 25.0 Å². The van der Waals surface area contributed by atoms with Gasteiger partial charge < -0.3 is 14.8 Å². The fourth-order valence-electron chi connectivity index (χ4n) is 2.91. The molecule has 0 aromatic carbocycles. The van der Waals surface area contributed by atoms with Crippen LogP contribution in [0.25, 0.3) is 0 Å². The Morgan fingerprint density at radius 1 is 1.38 bits per heavy atom. The minimum atomic E-state index is -0.0643. The Balaban J connectivity index is 1.72. The highest BCUT2D eigenvalue weighted by Gasteiger charge is 2.43. The van der Waals surface area contributed by atoms with E-state index in [9.17, 15) is 4.79 Å². The monoisotopic (exact) mass is 227 g/mol. The van der Waals surface area contributed by atoms with Crippen molar-refractivity contribution in [1.29, 1.82) is 0 Å². The molecule has 0 aromatic rings. The molecule has 3 unspecified atom stereocenters. The first-order valence-corrected chi connectivity index (χ1v) is 6.22. The van der Waals surface area contributed by atoms with Crippen LogP contribution in [0, 0.1) is 11.8 Å². The summed E-state index contributed by atoms with van der Waals surface area (Å²) in [5.41, 5.74) is 0. The first kappa shape index (κ1) is 11.9. The molecule has 1 N–H and O–H groups in total. The van der Waals surface area contributed by atoms with Crippen LogP contribution in [0.2, 0.25) is 0 Å². The Labute approximate surface area is 96.7 Å². The van der Waals surface area contributed by atoms with Crippen molar-refractivity contribution in [2.24, 2.45) is 11.8 Å². The van der Waals surface area contributed by atoms with E-state index < -0.39 is 0 Å². The Hall–Kier alpha value is -0.610. The van der Waals surface area contributed by atoms with E-state index in [2.05, 4.69) is 5.32 Å². The average Bonchev–Trinajstić information content (AvgIpc) is 2.85. The van der Waals surface area contributed by atoms with Crippen molar-refractivity contribution in [3.63, 3.8) is 0 Å². The highest BCUT2D eigenvalue weighted by molar-refractivity contribution is 5.76. The Kier molecular flexibility index (Phi) is 4.18. The van der Waals surface area contributed by atoms with Gasteiger partial charge in [-0.1, -0.05) is 6.42 Å². The van der Waals surface area contributed by atoms with Gasteiger partial charge in [0.15, 0.2) is 0 Å². The maximum Gasteiger partial charge on any atom is 0.323 e. The topological polar surface area (TPSA) is 47.6 Å². The molecule has 4 heteroatoms. The summed E-state index contributed by atoms with van der Waals surface area (Å²) in [6.07, 6.45) is 4.49. The van der Waals surface area contributed by atoms with E-state index in [0.717, 1.165) is 13.0 Å². The van der Waals surface area contributed by atoms with Gasteiger partial charge in [-0.25, -0.2) is 0 Å². The fourth-order valence-corrected chi connectivity index (χ4v) is 2.91. The molecular weight excluding hydrogens is 206 g/mol. The second-order valence-corrected chi connectivity index (χ2v) is 4.75. The number of hydrogen-bond acceptors (Lipinski definition) is 4. The molecule has 2 aliphatic rings. The van der Waals surface area contributed by atoms with Gasteiger partial charge in [-0.2, -0.15) is 0 Å². The molecule has 1 aliphatic heterocycles. The molecule has 1 aliphatic carbocycles. The minimum Gasteiger partial charge on any atom is -0.464 e. The van der Waals surface area contributed by atoms with Crippen LogP contribution >= 0.6 is 0 Å². The van der Waals surface area contributed by atoms with Gasteiger partial charge in [0.25, 0.3) is 0 Å².